The largest absolute Gasteiger partial charge is 0.507 e. The van der Waals surface area contributed by atoms with Crippen LogP contribution in [0.15, 0.2) is 72.3 Å². The Kier molecular flexibility index (Phi) is 7.28. The first-order valence-corrected chi connectivity index (χ1v) is 11.5. The third-order valence-electron chi connectivity index (χ3n) is 6.08. The molecular weight excluding hydrogens is 430 g/mol. The van der Waals surface area contributed by atoms with Crippen molar-refractivity contribution >= 4 is 28.2 Å². The number of Topliss-reactive ketones (excluding diaryl/α,β-unsaturated/α-hetero) is 1. The number of aliphatic hydroxyl groups excluding tert-OH is 1. The second-order valence-electron chi connectivity index (χ2n) is 8.28. The SMILES string of the molecule is CCCCOc1ccc(C2/C(=C(/O)c3cccc4ccccc34)C(=O)C(=O)N2CCOC)cc1. The van der Waals surface area contributed by atoms with Gasteiger partial charge in [0.15, 0.2) is 0 Å². The molecule has 0 aliphatic carbocycles. The highest BCUT2D eigenvalue weighted by Crippen LogP contribution is 2.40. The fraction of sp³-hybridized carbons (Fsp3) is 0.286. The Balaban J connectivity index is 1.80. The van der Waals surface area contributed by atoms with Gasteiger partial charge in [-0.05, 0) is 34.9 Å². The number of aliphatic hydroxyl groups is 1. The number of rotatable bonds is 9. The van der Waals surface area contributed by atoms with Gasteiger partial charge in [-0.15, -0.1) is 0 Å². The van der Waals surface area contributed by atoms with Gasteiger partial charge in [0, 0.05) is 19.2 Å². The van der Waals surface area contributed by atoms with Crippen LogP contribution in [0.1, 0.15) is 36.9 Å². The van der Waals surface area contributed by atoms with Crippen LogP contribution < -0.4 is 4.74 Å². The van der Waals surface area contributed by atoms with Gasteiger partial charge < -0.3 is 19.5 Å². The van der Waals surface area contributed by atoms with Gasteiger partial charge in [-0.3, -0.25) is 9.59 Å². The summed E-state index contributed by atoms with van der Waals surface area (Å²) in [5.74, 6) is -0.801. The van der Waals surface area contributed by atoms with Crippen LogP contribution in [0.5, 0.6) is 5.75 Å². The molecule has 0 aromatic heterocycles. The molecule has 1 aliphatic rings. The molecule has 0 spiro atoms. The predicted molar refractivity (Wildman–Crippen MR) is 132 cm³/mol. The first-order chi connectivity index (χ1) is 16.6. The van der Waals surface area contributed by atoms with Gasteiger partial charge in [-0.25, -0.2) is 0 Å². The number of hydrogen-bond acceptors (Lipinski definition) is 5. The molecule has 3 aromatic rings. The van der Waals surface area contributed by atoms with Crippen molar-refractivity contribution in [1.29, 1.82) is 0 Å². The predicted octanol–water partition coefficient (Wildman–Crippen LogP) is 5.09. The van der Waals surface area contributed by atoms with E-state index in [9.17, 15) is 14.7 Å². The molecule has 1 unspecified atom stereocenters. The molecule has 1 fully saturated rings. The van der Waals surface area contributed by atoms with Crippen LogP contribution in [0.3, 0.4) is 0 Å². The summed E-state index contributed by atoms with van der Waals surface area (Å²) in [6, 6.07) is 19.8. The van der Waals surface area contributed by atoms with Crippen molar-refractivity contribution < 1.29 is 24.2 Å². The highest BCUT2D eigenvalue weighted by Gasteiger charge is 2.46. The smallest absolute Gasteiger partial charge is 0.295 e. The summed E-state index contributed by atoms with van der Waals surface area (Å²) >= 11 is 0. The quantitative estimate of drug-likeness (QED) is 0.209. The molecule has 1 saturated heterocycles. The lowest BCUT2D eigenvalue weighted by Crippen LogP contribution is -2.32. The van der Waals surface area contributed by atoms with E-state index >= 15 is 0 Å². The molecule has 1 amide bonds. The molecule has 1 atom stereocenters. The molecule has 176 valence electrons. The molecule has 0 saturated carbocycles. The van der Waals surface area contributed by atoms with Gasteiger partial charge in [0.1, 0.15) is 11.5 Å². The van der Waals surface area contributed by atoms with E-state index in [1.807, 2.05) is 60.7 Å². The zero-order chi connectivity index (χ0) is 24.1. The van der Waals surface area contributed by atoms with Crippen molar-refractivity contribution in [1.82, 2.24) is 4.90 Å². The monoisotopic (exact) mass is 459 g/mol. The Hall–Kier alpha value is -3.64. The third kappa shape index (κ3) is 4.54. The first-order valence-electron chi connectivity index (χ1n) is 11.5. The van der Waals surface area contributed by atoms with Crippen LogP contribution in [-0.4, -0.2) is 48.6 Å². The minimum Gasteiger partial charge on any atom is -0.507 e. The zero-order valence-corrected chi connectivity index (χ0v) is 19.5. The number of carbonyl (C=O) groups is 2. The molecule has 3 aromatic carbocycles. The summed E-state index contributed by atoms with van der Waals surface area (Å²) in [4.78, 5) is 27.6. The summed E-state index contributed by atoms with van der Waals surface area (Å²) in [5, 5.41) is 13.1. The number of ether oxygens (including phenoxy) is 2. The zero-order valence-electron chi connectivity index (χ0n) is 19.5. The minimum atomic E-state index is -0.723. The average molecular weight is 460 g/mol. The number of fused-ring (bicyclic) bond motifs is 1. The fourth-order valence-electron chi connectivity index (χ4n) is 4.30. The Bertz CT molecular complexity index is 1210. The topological polar surface area (TPSA) is 76.1 Å². The second-order valence-corrected chi connectivity index (χ2v) is 8.28. The Morgan fingerprint density at radius 3 is 2.44 bits per heavy atom. The molecule has 34 heavy (non-hydrogen) atoms. The number of methoxy groups -OCH3 is 1. The van der Waals surface area contributed by atoms with Crippen molar-refractivity contribution in [2.75, 3.05) is 26.9 Å². The third-order valence-corrected chi connectivity index (χ3v) is 6.08. The van der Waals surface area contributed by atoms with E-state index in [1.165, 1.54) is 4.90 Å². The summed E-state index contributed by atoms with van der Waals surface area (Å²) < 4.78 is 10.9. The van der Waals surface area contributed by atoms with Crippen molar-refractivity contribution in [3.05, 3.63) is 83.4 Å². The molecule has 0 radical (unpaired) electrons. The summed E-state index contributed by atoms with van der Waals surface area (Å²) in [5.41, 5.74) is 1.32. The molecule has 6 heteroatoms. The van der Waals surface area contributed by atoms with Gasteiger partial charge in [-0.1, -0.05) is 67.9 Å². The van der Waals surface area contributed by atoms with Crippen molar-refractivity contribution in [2.45, 2.75) is 25.8 Å². The van der Waals surface area contributed by atoms with Gasteiger partial charge in [0.05, 0.1) is 24.8 Å². The van der Waals surface area contributed by atoms with Crippen LogP contribution in [0.4, 0.5) is 0 Å². The standard InChI is InChI=1S/C28H29NO5/c1-3-4-17-34-21-14-12-20(13-15-21)25-24(27(31)28(32)29(25)16-18-33-2)26(30)23-11-7-9-19-8-5-6-10-22(19)23/h5-15,25,30H,3-4,16-18H2,1-2H3/b26-24-. The lowest BCUT2D eigenvalue weighted by molar-refractivity contribution is -0.140. The Morgan fingerprint density at radius 2 is 1.71 bits per heavy atom. The number of ketones is 1. The lowest BCUT2D eigenvalue weighted by Gasteiger charge is -2.25. The summed E-state index contributed by atoms with van der Waals surface area (Å²) in [6.07, 6.45) is 2.00. The molecule has 1 heterocycles. The van der Waals surface area contributed by atoms with E-state index in [4.69, 9.17) is 9.47 Å². The van der Waals surface area contributed by atoms with Gasteiger partial charge >= 0.3 is 0 Å². The molecular formula is C28H29NO5. The number of hydrogen-bond donors (Lipinski definition) is 1. The first kappa shape index (κ1) is 23.5. The highest BCUT2D eigenvalue weighted by atomic mass is 16.5. The Labute approximate surface area is 199 Å². The van der Waals surface area contributed by atoms with E-state index in [-0.39, 0.29) is 24.5 Å². The van der Waals surface area contributed by atoms with Crippen LogP contribution >= 0.6 is 0 Å². The van der Waals surface area contributed by atoms with E-state index in [0.717, 1.165) is 34.9 Å². The number of nitrogens with zero attached hydrogens (tertiary/aromatic N) is 1. The molecule has 0 bridgehead atoms. The van der Waals surface area contributed by atoms with E-state index in [0.29, 0.717) is 12.2 Å². The fourth-order valence-corrected chi connectivity index (χ4v) is 4.30. The normalized spacial score (nSPS) is 17.5. The minimum absolute atomic E-state index is 0.0807. The summed E-state index contributed by atoms with van der Waals surface area (Å²) in [6.45, 7) is 3.23. The van der Waals surface area contributed by atoms with Crippen LogP contribution in [-0.2, 0) is 14.3 Å². The van der Waals surface area contributed by atoms with Crippen molar-refractivity contribution in [2.24, 2.45) is 0 Å². The van der Waals surface area contributed by atoms with Crippen molar-refractivity contribution in [3.63, 3.8) is 0 Å². The second kappa shape index (κ2) is 10.5. The summed E-state index contributed by atoms with van der Waals surface area (Å²) in [7, 11) is 1.55. The van der Waals surface area contributed by atoms with E-state index < -0.39 is 17.7 Å². The number of carbonyl (C=O) groups excluding carboxylic acids is 2. The number of unbranched alkanes of at least 4 members (excludes halogenated alkanes) is 1. The maximum absolute atomic E-state index is 13.2. The highest BCUT2D eigenvalue weighted by molar-refractivity contribution is 6.46. The lowest BCUT2D eigenvalue weighted by atomic mass is 9.93. The number of amides is 1. The average Bonchev–Trinajstić information content (AvgIpc) is 3.12. The number of likely N-dealkylation sites (tertiary alicyclic amines) is 1. The molecule has 4 rings (SSSR count). The maximum atomic E-state index is 13.2. The molecule has 1 N–H and O–H groups in total. The molecule has 1 aliphatic heterocycles. The maximum Gasteiger partial charge on any atom is 0.295 e. The van der Waals surface area contributed by atoms with E-state index in [2.05, 4.69) is 6.92 Å². The van der Waals surface area contributed by atoms with Crippen molar-refractivity contribution in [3.8, 4) is 5.75 Å². The van der Waals surface area contributed by atoms with Gasteiger partial charge in [0.2, 0.25) is 0 Å². The Morgan fingerprint density at radius 1 is 0.971 bits per heavy atom. The van der Waals surface area contributed by atoms with Crippen LogP contribution in [0, 0.1) is 0 Å². The van der Waals surface area contributed by atoms with E-state index in [1.54, 1.807) is 13.2 Å². The van der Waals surface area contributed by atoms with Crippen LogP contribution in [0.25, 0.3) is 16.5 Å². The van der Waals surface area contributed by atoms with Gasteiger partial charge in [-0.2, -0.15) is 0 Å². The van der Waals surface area contributed by atoms with Crippen LogP contribution in [0.2, 0.25) is 0 Å². The number of benzene rings is 3. The molecule has 6 nitrogen and oxygen atoms in total. The van der Waals surface area contributed by atoms with Gasteiger partial charge in [0.25, 0.3) is 11.7 Å².